The molecule has 3 amide bonds. The molecule has 0 unspecified atom stereocenters. The van der Waals surface area contributed by atoms with Crippen LogP contribution >= 0.6 is 11.8 Å². The van der Waals surface area contributed by atoms with Gasteiger partial charge in [-0.2, -0.15) is 0 Å². The lowest BCUT2D eigenvalue weighted by Crippen LogP contribution is -2.20. The van der Waals surface area contributed by atoms with E-state index in [1.165, 1.54) is 11.8 Å². The van der Waals surface area contributed by atoms with Crippen molar-refractivity contribution in [3.63, 3.8) is 0 Å². The van der Waals surface area contributed by atoms with Gasteiger partial charge in [-0.3, -0.25) is 14.4 Å². The molecular formula is C19H19N3O3S. The number of hydrogen-bond acceptors (Lipinski definition) is 4. The second kappa shape index (κ2) is 7.61. The maximum absolute atomic E-state index is 12.4. The number of nitrogens with one attached hydrogen (secondary N) is 3. The summed E-state index contributed by atoms with van der Waals surface area (Å²) in [5.74, 6) is -0.110. The molecule has 3 N–H and O–H groups in total. The number of carbonyl (C=O) groups excluding carboxylic acids is 3. The summed E-state index contributed by atoms with van der Waals surface area (Å²) in [5.41, 5.74) is 2.42. The van der Waals surface area contributed by atoms with Crippen LogP contribution in [0.15, 0.2) is 47.4 Å². The van der Waals surface area contributed by atoms with Gasteiger partial charge in [0.1, 0.15) is 0 Å². The average Bonchev–Trinajstić information content (AvgIpc) is 2.62. The van der Waals surface area contributed by atoms with Gasteiger partial charge in [0.15, 0.2) is 0 Å². The van der Waals surface area contributed by atoms with Gasteiger partial charge >= 0.3 is 0 Å². The molecule has 0 spiro atoms. The van der Waals surface area contributed by atoms with Gasteiger partial charge in [-0.25, -0.2) is 0 Å². The Labute approximate surface area is 155 Å². The number of anilines is 3. The molecule has 0 saturated carbocycles. The Morgan fingerprint density at radius 3 is 2.35 bits per heavy atom. The number of hydrogen-bond donors (Lipinski definition) is 3. The fourth-order valence-corrected chi connectivity index (χ4v) is 3.14. The molecule has 6 nitrogen and oxygen atoms in total. The molecule has 2 aromatic carbocycles. The third kappa shape index (κ3) is 4.23. The lowest BCUT2D eigenvalue weighted by atomic mass is 10.1. The smallest absolute Gasteiger partial charge is 0.255 e. The van der Waals surface area contributed by atoms with Gasteiger partial charge in [0.05, 0.1) is 11.4 Å². The first kappa shape index (κ1) is 18.0. The second-order valence-electron chi connectivity index (χ2n) is 6.22. The topological polar surface area (TPSA) is 87.3 Å². The van der Waals surface area contributed by atoms with E-state index in [0.29, 0.717) is 28.4 Å². The Morgan fingerprint density at radius 1 is 1.04 bits per heavy atom. The predicted molar refractivity (Wildman–Crippen MR) is 104 cm³/mol. The van der Waals surface area contributed by atoms with Crippen LogP contribution in [0.1, 0.15) is 24.2 Å². The Morgan fingerprint density at radius 2 is 1.69 bits per heavy atom. The Balaban J connectivity index is 1.67. The number of rotatable bonds is 4. The lowest BCUT2D eigenvalue weighted by Gasteiger charge is -2.17. The van der Waals surface area contributed by atoms with Crippen LogP contribution in [-0.4, -0.2) is 23.5 Å². The van der Waals surface area contributed by atoms with Gasteiger partial charge in [0, 0.05) is 27.8 Å². The van der Waals surface area contributed by atoms with E-state index in [0.717, 1.165) is 4.90 Å². The number of carbonyl (C=O) groups is 3. The number of thioether (sulfide) groups is 1. The fourth-order valence-electron chi connectivity index (χ4n) is 2.35. The average molecular weight is 369 g/mol. The molecule has 26 heavy (non-hydrogen) atoms. The summed E-state index contributed by atoms with van der Waals surface area (Å²) in [4.78, 5) is 36.6. The molecule has 134 valence electrons. The minimum absolute atomic E-state index is 0.0595. The van der Waals surface area contributed by atoms with Crippen LogP contribution in [0.5, 0.6) is 0 Å². The van der Waals surface area contributed by atoms with Gasteiger partial charge in [-0.1, -0.05) is 13.8 Å². The maximum Gasteiger partial charge on any atom is 0.255 e. The van der Waals surface area contributed by atoms with Crippen molar-refractivity contribution in [1.29, 1.82) is 0 Å². The van der Waals surface area contributed by atoms with Crippen molar-refractivity contribution >= 4 is 46.5 Å². The molecule has 7 heteroatoms. The van der Waals surface area contributed by atoms with Crippen LogP contribution < -0.4 is 16.0 Å². The third-order valence-electron chi connectivity index (χ3n) is 3.81. The molecule has 0 radical (unpaired) electrons. The summed E-state index contributed by atoms with van der Waals surface area (Å²) >= 11 is 1.45. The zero-order valence-electron chi connectivity index (χ0n) is 14.5. The zero-order chi connectivity index (χ0) is 18.7. The lowest BCUT2D eigenvalue weighted by molar-refractivity contribution is -0.119. The van der Waals surface area contributed by atoms with Crippen LogP contribution in [0.25, 0.3) is 0 Å². The summed E-state index contributed by atoms with van der Waals surface area (Å²) in [6, 6.07) is 12.2. The van der Waals surface area contributed by atoms with E-state index < -0.39 is 0 Å². The van der Waals surface area contributed by atoms with Gasteiger partial charge in [0.2, 0.25) is 11.8 Å². The van der Waals surface area contributed by atoms with Crippen molar-refractivity contribution in [1.82, 2.24) is 0 Å². The van der Waals surface area contributed by atoms with E-state index in [9.17, 15) is 14.4 Å². The summed E-state index contributed by atoms with van der Waals surface area (Å²) < 4.78 is 0. The number of amides is 3. The highest BCUT2D eigenvalue weighted by Gasteiger charge is 2.17. The van der Waals surface area contributed by atoms with E-state index >= 15 is 0 Å². The minimum atomic E-state index is -0.267. The van der Waals surface area contributed by atoms with Crippen molar-refractivity contribution in [2.45, 2.75) is 18.7 Å². The Kier molecular flexibility index (Phi) is 5.27. The standard InChI is InChI=1S/C19H19N3O3S/c1-11(2)18(24)20-13-4-6-14(7-5-13)21-19(25)12-3-8-16-15(9-12)22-17(23)10-26-16/h3-9,11H,10H2,1-2H3,(H,20,24)(H,21,25)(H,22,23). The predicted octanol–water partition coefficient (Wildman–Crippen LogP) is 3.58. The van der Waals surface area contributed by atoms with Crippen molar-refractivity contribution in [2.24, 2.45) is 5.92 Å². The Bertz CT molecular complexity index is 863. The highest BCUT2D eigenvalue weighted by atomic mass is 32.2. The van der Waals surface area contributed by atoms with Gasteiger partial charge in [0.25, 0.3) is 5.91 Å². The van der Waals surface area contributed by atoms with Crippen LogP contribution in [0.2, 0.25) is 0 Å². The van der Waals surface area contributed by atoms with Crippen LogP contribution in [-0.2, 0) is 9.59 Å². The first-order valence-electron chi connectivity index (χ1n) is 8.21. The van der Waals surface area contributed by atoms with E-state index in [1.54, 1.807) is 36.4 Å². The van der Waals surface area contributed by atoms with Gasteiger partial charge in [-0.05, 0) is 42.5 Å². The number of fused-ring (bicyclic) bond motifs is 1. The highest BCUT2D eigenvalue weighted by Crippen LogP contribution is 2.32. The monoisotopic (exact) mass is 369 g/mol. The minimum Gasteiger partial charge on any atom is -0.326 e. The highest BCUT2D eigenvalue weighted by molar-refractivity contribution is 8.00. The second-order valence-corrected chi connectivity index (χ2v) is 7.24. The quantitative estimate of drug-likeness (QED) is 0.769. The van der Waals surface area contributed by atoms with Crippen LogP contribution in [0.3, 0.4) is 0 Å². The molecule has 0 aliphatic carbocycles. The van der Waals surface area contributed by atoms with Crippen LogP contribution in [0.4, 0.5) is 17.1 Å². The summed E-state index contributed by atoms with van der Waals surface area (Å²) in [6.45, 7) is 3.65. The Hall–Kier alpha value is -2.80. The SMILES string of the molecule is CC(C)C(=O)Nc1ccc(NC(=O)c2ccc3c(c2)NC(=O)CS3)cc1. The van der Waals surface area contributed by atoms with E-state index in [4.69, 9.17) is 0 Å². The maximum atomic E-state index is 12.4. The molecule has 1 heterocycles. The first-order valence-corrected chi connectivity index (χ1v) is 9.20. The first-order chi connectivity index (χ1) is 12.4. The molecule has 3 rings (SSSR count). The summed E-state index contributed by atoms with van der Waals surface area (Å²) in [5, 5.41) is 8.38. The molecule has 0 aromatic heterocycles. The van der Waals surface area contributed by atoms with Crippen molar-refractivity contribution in [3.8, 4) is 0 Å². The largest absolute Gasteiger partial charge is 0.326 e. The summed E-state index contributed by atoms with van der Waals surface area (Å²) in [7, 11) is 0. The molecule has 1 aliphatic rings. The normalized spacial score (nSPS) is 13.0. The molecule has 0 bridgehead atoms. The number of benzene rings is 2. The van der Waals surface area contributed by atoms with E-state index in [2.05, 4.69) is 16.0 Å². The van der Waals surface area contributed by atoms with E-state index in [1.807, 2.05) is 19.9 Å². The molecule has 1 aliphatic heterocycles. The molecule has 0 fully saturated rings. The van der Waals surface area contributed by atoms with Crippen LogP contribution in [0, 0.1) is 5.92 Å². The molecule has 0 atom stereocenters. The van der Waals surface area contributed by atoms with Gasteiger partial charge < -0.3 is 16.0 Å². The van der Waals surface area contributed by atoms with Crippen molar-refractivity contribution in [3.05, 3.63) is 48.0 Å². The molecule has 0 saturated heterocycles. The van der Waals surface area contributed by atoms with Crippen molar-refractivity contribution < 1.29 is 14.4 Å². The molecule has 2 aromatic rings. The van der Waals surface area contributed by atoms with E-state index in [-0.39, 0.29) is 23.6 Å². The van der Waals surface area contributed by atoms with Crippen molar-refractivity contribution in [2.75, 3.05) is 21.7 Å². The zero-order valence-corrected chi connectivity index (χ0v) is 15.3. The van der Waals surface area contributed by atoms with Gasteiger partial charge in [-0.15, -0.1) is 11.8 Å². The molecular weight excluding hydrogens is 350 g/mol. The fraction of sp³-hybridized carbons (Fsp3) is 0.211. The summed E-state index contributed by atoms with van der Waals surface area (Å²) in [6.07, 6.45) is 0. The third-order valence-corrected chi connectivity index (χ3v) is 4.88.